The topological polar surface area (TPSA) is 30.7 Å². The minimum Gasteiger partial charge on any atom is -0.277 e. The van der Waals surface area contributed by atoms with Crippen LogP contribution in [0.15, 0.2) is 164 Å². The van der Waals surface area contributed by atoms with E-state index in [1.54, 1.807) is 0 Å². The molecule has 57 heavy (non-hydrogen) atoms. The van der Waals surface area contributed by atoms with Crippen molar-refractivity contribution in [3.05, 3.63) is 175 Å². The standard InChI is InChI=1S/C53H33N3S/c1-53(2)42-24-11-9-21-39(42)48-47(53)49(41-23-13-22-38-35-19-10-12-25-44(35)57-51(38)41)55-52(54-48)56-43-29-28-37-34-18-6-5-16-32(34)33-17-7-8-20-36(33)45(37)46(43)40-27-26-30-14-3-4-15-31(30)50(40)56/h3-29H,1-2H3. The third-order valence-electron chi connectivity index (χ3n) is 12.8. The summed E-state index contributed by atoms with van der Waals surface area (Å²) in [6, 6.07) is 60.1. The molecule has 0 fully saturated rings. The zero-order valence-corrected chi connectivity index (χ0v) is 32.2. The maximum Gasteiger partial charge on any atom is 0.235 e. The number of aromatic nitrogens is 3. The summed E-state index contributed by atoms with van der Waals surface area (Å²) >= 11 is 1.86. The van der Waals surface area contributed by atoms with E-state index >= 15 is 0 Å². The van der Waals surface area contributed by atoms with Gasteiger partial charge >= 0.3 is 0 Å². The Labute approximate surface area is 332 Å². The van der Waals surface area contributed by atoms with E-state index in [2.05, 4.69) is 182 Å². The quantitative estimate of drug-likeness (QED) is 0.165. The van der Waals surface area contributed by atoms with Gasteiger partial charge in [0.05, 0.1) is 22.4 Å². The summed E-state index contributed by atoms with van der Waals surface area (Å²) in [5, 5.41) is 14.9. The van der Waals surface area contributed by atoms with E-state index in [1.807, 2.05) is 11.3 Å². The molecule has 0 N–H and O–H groups in total. The lowest BCUT2D eigenvalue weighted by molar-refractivity contribution is 0.657. The van der Waals surface area contributed by atoms with Gasteiger partial charge in [0.2, 0.25) is 5.95 Å². The molecule has 0 bridgehead atoms. The summed E-state index contributed by atoms with van der Waals surface area (Å²) in [5.41, 5.74) is 8.75. The van der Waals surface area contributed by atoms with Crippen LogP contribution in [0.2, 0.25) is 0 Å². The minimum absolute atomic E-state index is 0.303. The van der Waals surface area contributed by atoms with E-state index in [0.29, 0.717) is 5.95 Å². The van der Waals surface area contributed by atoms with Gasteiger partial charge in [-0.2, -0.15) is 0 Å². The van der Waals surface area contributed by atoms with Gasteiger partial charge in [-0.25, -0.2) is 9.97 Å². The molecule has 3 nitrogen and oxygen atoms in total. The Kier molecular flexibility index (Phi) is 6.12. The van der Waals surface area contributed by atoms with Crippen molar-refractivity contribution in [1.82, 2.24) is 14.5 Å². The van der Waals surface area contributed by atoms with Crippen LogP contribution >= 0.6 is 11.3 Å². The van der Waals surface area contributed by atoms with Crippen LogP contribution in [-0.4, -0.2) is 14.5 Å². The molecule has 1 aliphatic rings. The fourth-order valence-corrected chi connectivity index (χ4v) is 11.5. The fourth-order valence-electron chi connectivity index (χ4n) is 10.3. The average molecular weight is 744 g/mol. The highest BCUT2D eigenvalue weighted by molar-refractivity contribution is 7.26. The first-order valence-corrected chi connectivity index (χ1v) is 20.5. The number of thiophene rings is 1. The molecule has 4 heteroatoms. The molecule has 1 aliphatic carbocycles. The first-order valence-electron chi connectivity index (χ1n) is 19.7. The number of rotatable bonds is 2. The average Bonchev–Trinajstić information content (AvgIpc) is 3.89. The monoisotopic (exact) mass is 743 g/mol. The van der Waals surface area contributed by atoms with Crippen LogP contribution in [-0.2, 0) is 5.41 Å². The molecule has 0 aliphatic heterocycles. The van der Waals surface area contributed by atoms with Crippen LogP contribution in [0, 0.1) is 0 Å². The number of nitrogens with zero attached hydrogens (tertiary/aromatic N) is 3. The molecule has 12 aromatic rings. The van der Waals surface area contributed by atoms with E-state index < -0.39 is 0 Å². The number of hydrogen-bond donors (Lipinski definition) is 0. The Hall–Kier alpha value is -6.88. The molecule has 3 heterocycles. The van der Waals surface area contributed by atoms with Crippen molar-refractivity contribution in [1.29, 1.82) is 0 Å². The van der Waals surface area contributed by atoms with Gasteiger partial charge in [-0.05, 0) is 50.0 Å². The Morgan fingerprint density at radius 3 is 1.84 bits per heavy atom. The van der Waals surface area contributed by atoms with Gasteiger partial charge in [-0.15, -0.1) is 11.3 Å². The maximum absolute atomic E-state index is 5.81. The molecule has 3 aromatic heterocycles. The Morgan fingerprint density at radius 2 is 1.04 bits per heavy atom. The van der Waals surface area contributed by atoms with E-state index in [-0.39, 0.29) is 5.41 Å². The fraction of sp³-hybridized carbons (Fsp3) is 0.0566. The molecule has 266 valence electrons. The van der Waals surface area contributed by atoms with Gasteiger partial charge in [0.25, 0.3) is 0 Å². The normalized spacial score (nSPS) is 13.6. The summed E-state index contributed by atoms with van der Waals surface area (Å²) in [6.45, 7) is 4.68. The molecule has 13 rings (SSSR count). The molecule has 9 aromatic carbocycles. The number of fused-ring (bicyclic) bond motifs is 18. The van der Waals surface area contributed by atoms with Crippen LogP contribution < -0.4 is 0 Å². The predicted octanol–water partition coefficient (Wildman–Crippen LogP) is 14.5. The molecule has 0 atom stereocenters. The Morgan fingerprint density at radius 1 is 0.456 bits per heavy atom. The number of benzene rings is 9. The largest absolute Gasteiger partial charge is 0.277 e. The molecule has 0 saturated carbocycles. The Bertz CT molecular complexity index is 3700. The first kappa shape index (κ1) is 31.3. The second-order valence-electron chi connectivity index (χ2n) is 16.0. The number of hydrogen-bond acceptors (Lipinski definition) is 3. The molecule has 0 amide bonds. The van der Waals surface area contributed by atoms with Crippen molar-refractivity contribution in [3.63, 3.8) is 0 Å². The van der Waals surface area contributed by atoms with Crippen molar-refractivity contribution < 1.29 is 0 Å². The second kappa shape index (κ2) is 11.1. The maximum atomic E-state index is 5.81. The van der Waals surface area contributed by atoms with Gasteiger partial charge in [-0.3, -0.25) is 4.57 Å². The van der Waals surface area contributed by atoms with Crippen LogP contribution in [0.1, 0.15) is 25.0 Å². The van der Waals surface area contributed by atoms with E-state index in [9.17, 15) is 0 Å². The zero-order valence-electron chi connectivity index (χ0n) is 31.3. The molecular formula is C53H33N3S. The summed E-state index contributed by atoms with van der Waals surface area (Å²) in [4.78, 5) is 11.5. The van der Waals surface area contributed by atoms with Gasteiger partial charge in [0.15, 0.2) is 0 Å². The minimum atomic E-state index is -0.303. The lowest BCUT2D eigenvalue weighted by Crippen LogP contribution is -2.18. The van der Waals surface area contributed by atoms with Crippen LogP contribution in [0.3, 0.4) is 0 Å². The van der Waals surface area contributed by atoms with Gasteiger partial charge in [-0.1, -0.05) is 166 Å². The van der Waals surface area contributed by atoms with Crippen molar-refractivity contribution in [3.8, 4) is 28.5 Å². The second-order valence-corrected chi connectivity index (χ2v) is 17.1. The SMILES string of the molecule is CC1(C)c2ccccc2-c2nc(-n3c4ccc5c6ccccc6c6ccccc6c5c4c4ccc5ccccc5c43)nc(-c3cccc4c3sc3ccccc34)c21. The summed E-state index contributed by atoms with van der Waals surface area (Å²) in [5.74, 6) is 0.690. The molecule has 0 unspecified atom stereocenters. The molecule has 0 spiro atoms. The van der Waals surface area contributed by atoms with Gasteiger partial charge in [0, 0.05) is 63.8 Å². The van der Waals surface area contributed by atoms with E-state index in [0.717, 1.165) is 28.0 Å². The third-order valence-corrected chi connectivity index (χ3v) is 14.0. The highest BCUT2D eigenvalue weighted by Crippen LogP contribution is 2.53. The smallest absolute Gasteiger partial charge is 0.235 e. The van der Waals surface area contributed by atoms with Crippen molar-refractivity contribution >= 4 is 96.4 Å². The summed E-state index contributed by atoms with van der Waals surface area (Å²) < 4.78 is 4.92. The summed E-state index contributed by atoms with van der Waals surface area (Å²) in [6.07, 6.45) is 0. The van der Waals surface area contributed by atoms with Crippen LogP contribution in [0.25, 0.3) is 114 Å². The lowest BCUT2D eigenvalue weighted by Gasteiger charge is -2.24. The summed E-state index contributed by atoms with van der Waals surface area (Å²) in [7, 11) is 0. The zero-order chi connectivity index (χ0) is 37.6. The molecule has 0 radical (unpaired) electrons. The lowest BCUT2D eigenvalue weighted by atomic mass is 9.81. The van der Waals surface area contributed by atoms with Gasteiger partial charge in [0.1, 0.15) is 0 Å². The highest BCUT2D eigenvalue weighted by Gasteiger charge is 2.40. The van der Waals surface area contributed by atoms with E-state index in [1.165, 1.54) is 90.7 Å². The first-order chi connectivity index (χ1) is 28.1. The van der Waals surface area contributed by atoms with Crippen molar-refractivity contribution in [2.24, 2.45) is 0 Å². The van der Waals surface area contributed by atoms with E-state index in [4.69, 9.17) is 9.97 Å². The molecular weight excluding hydrogens is 711 g/mol. The highest BCUT2D eigenvalue weighted by atomic mass is 32.1. The van der Waals surface area contributed by atoms with Crippen molar-refractivity contribution in [2.45, 2.75) is 19.3 Å². The van der Waals surface area contributed by atoms with Crippen molar-refractivity contribution in [2.75, 3.05) is 0 Å². The Balaban J connectivity index is 1.24. The van der Waals surface area contributed by atoms with Crippen LogP contribution in [0.5, 0.6) is 0 Å². The molecule has 0 saturated heterocycles. The van der Waals surface area contributed by atoms with Crippen LogP contribution in [0.4, 0.5) is 0 Å². The predicted molar refractivity (Wildman–Crippen MR) is 242 cm³/mol. The third kappa shape index (κ3) is 4.05. The van der Waals surface area contributed by atoms with Gasteiger partial charge < -0.3 is 0 Å².